The van der Waals surface area contributed by atoms with Gasteiger partial charge in [-0.15, -0.1) is 0 Å². The second-order valence-corrected chi connectivity index (χ2v) is 7.66. The number of aromatic nitrogens is 3. The van der Waals surface area contributed by atoms with Crippen LogP contribution < -0.4 is 4.74 Å². The number of aromatic carboxylic acids is 1. The Morgan fingerprint density at radius 1 is 1.23 bits per heavy atom. The van der Waals surface area contributed by atoms with E-state index in [1.165, 1.54) is 24.1 Å². The van der Waals surface area contributed by atoms with Crippen molar-refractivity contribution < 1.29 is 23.1 Å². The molecule has 0 saturated heterocycles. The minimum Gasteiger partial charge on any atom is -0.481 e. The van der Waals surface area contributed by atoms with Crippen molar-refractivity contribution in [3.05, 3.63) is 53.9 Å². The van der Waals surface area contributed by atoms with Gasteiger partial charge in [-0.05, 0) is 12.1 Å². The van der Waals surface area contributed by atoms with Crippen LogP contribution in [0.5, 0.6) is 5.88 Å². The van der Waals surface area contributed by atoms with Crippen LogP contribution in [0, 0.1) is 0 Å². The van der Waals surface area contributed by atoms with E-state index in [2.05, 4.69) is 10.1 Å². The van der Waals surface area contributed by atoms with Crippen LogP contribution in [-0.4, -0.2) is 41.4 Å². The molecule has 8 nitrogen and oxygen atoms in total. The van der Waals surface area contributed by atoms with Gasteiger partial charge in [0.25, 0.3) is 0 Å². The normalized spacial score (nSPS) is 14.3. The van der Waals surface area contributed by atoms with Gasteiger partial charge in [-0.25, -0.2) is 22.9 Å². The third-order valence-electron chi connectivity index (χ3n) is 4.17. The lowest BCUT2D eigenvalue weighted by Crippen LogP contribution is -2.15. The summed E-state index contributed by atoms with van der Waals surface area (Å²) >= 11 is 0. The number of ether oxygens (including phenoxy) is 1. The number of benzene rings is 1. The van der Waals surface area contributed by atoms with Crippen LogP contribution in [0.3, 0.4) is 0 Å². The van der Waals surface area contributed by atoms with E-state index in [4.69, 9.17) is 4.74 Å². The second kappa shape index (κ2) is 5.67. The fourth-order valence-corrected chi connectivity index (χ4v) is 4.64. The Morgan fingerprint density at radius 3 is 2.65 bits per heavy atom. The van der Waals surface area contributed by atoms with Crippen molar-refractivity contribution in [1.29, 1.82) is 0 Å². The summed E-state index contributed by atoms with van der Waals surface area (Å²) in [5.74, 6) is -1.29. The van der Waals surface area contributed by atoms with E-state index in [9.17, 15) is 18.3 Å². The molecule has 1 aliphatic heterocycles. The predicted octanol–water partition coefficient (Wildman–Crippen LogP) is 1.93. The van der Waals surface area contributed by atoms with Crippen LogP contribution in [0.25, 0.3) is 16.9 Å². The van der Waals surface area contributed by atoms with Crippen molar-refractivity contribution in [2.24, 2.45) is 0 Å². The molecule has 0 atom stereocenters. The van der Waals surface area contributed by atoms with E-state index in [1.807, 2.05) is 0 Å². The number of sulfone groups is 1. The number of hydrogen-bond acceptors (Lipinski definition) is 6. The monoisotopic (exact) mass is 371 g/mol. The molecule has 3 aromatic rings. The Labute approximate surface area is 148 Å². The highest BCUT2D eigenvalue weighted by molar-refractivity contribution is 7.90. The van der Waals surface area contributed by atoms with Gasteiger partial charge in [0.2, 0.25) is 5.88 Å². The van der Waals surface area contributed by atoms with Gasteiger partial charge >= 0.3 is 5.97 Å². The van der Waals surface area contributed by atoms with Gasteiger partial charge in [0.15, 0.2) is 15.5 Å². The second-order valence-electron chi connectivity index (χ2n) is 5.71. The molecule has 1 aliphatic rings. The fraction of sp³-hybridized carbons (Fsp3) is 0.118. The number of carboxylic acids is 1. The molecule has 0 amide bonds. The highest BCUT2D eigenvalue weighted by Crippen LogP contribution is 2.40. The molecule has 132 valence electrons. The van der Waals surface area contributed by atoms with Crippen molar-refractivity contribution in [3.8, 4) is 22.8 Å². The molecule has 4 rings (SSSR count). The average Bonchev–Trinajstić information content (AvgIpc) is 3.01. The zero-order valence-electron chi connectivity index (χ0n) is 13.6. The van der Waals surface area contributed by atoms with Gasteiger partial charge in [0.05, 0.1) is 35.3 Å². The fourth-order valence-electron chi connectivity index (χ4n) is 3.04. The summed E-state index contributed by atoms with van der Waals surface area (Å²) < 4.78 is 31.6. The van der Waals surface area contributed by atoms with Gasteiger partial charge in [-0.1, -0.05) is 18.2 Å². The maximum atomic E-state index is 12.6. The van der Waals surface area contributed by atoms with Crippen LogP contribution in [0.1, 0.15) is 16.1 Å². The molecule has 0 unspecified atom stereocenters. The Kier molecular flexibility index (Phi) is 3.55. The Balaban J connectivity index is 2.04. The van der Waals surface area contributed by atoms with E-state index >= 15 is 0 Å². The topological polar surface area (TPSA) is 111 Å². The number of fused-ring (bicyclic) bond motifs is 3. The van der Waals surface area contributed by atoms with Gasteiger partial charge in [0, 0.05) is 17.2 Å². The Morgan fingerprint density at radius 2 is 2.00 bits per heavy atom. The smallest absolute Gasteiger partial charge is 0.356 e. The van der Waals surface area contributed by atoms with Crippen molar-refractivity contribution in [2.45, 2.75) is 10.6 Å². The molecular formula is C17H13N3O5S. The largest absolute Gasteiger partial charge is 0.481 e. The number of pyridine rings is 1. The molecular weight excluding hydrogens is 358 g/mol. The standard InChI is InChI=1S/C17H13N3O5S/c1-25-14-7-6-10(8-18-14)20-16-11-4-2-3-5-13(11)26(23,24)9-12(16)15(19-20)17(21)22/h2-8H,9H2,1H3,(H,21,22). The first-order valence-corrected chi connectivity index (χ1v) is 9.25. The number of hydrogen-bond donors (Lipinski definition) is 1. The first-order valence-electron chi connectivity index (χ1n) is 7.60. The van der Waals surface area contributed by atoms with E-state index < -0.39 is 21.6 Å². The minimum atomic E-state index is -3.64. The van der Waals surface area contributed by atoms with E-state index in [0.717, 1.165) is 0 Å². The number of nitrogens with zero attached hydrogens (tertiary/aromatic N) is 3. The summed E-state index contributed by atoms with van der Waals surface area (Å²) in [5, 5.41) is 13.6. The van der Waals surface area contributed by atoms with E-state index in [0.29, 0.717) is 22.8 Å². The molecule has 2 aromatic heterocycles. The predicted molar refractivity (Wildman–Crippen MR) is 91.2 cm³/mol. The molecule has 0 saturated carbocycles. The van der Waals surface area contributed by atoms with Gasteiger partial charge < -0.3 is 9.84 Å². The summed E-state index contributed by atoms with van der Waals surface area (Å²) in [6.07, 6.45) is 1.49. The zero-order chi connectivity index (χ0) is 18.5. The van der Waals surface area contributed by atoms with Crippen LogP contribution in [0.15, 0.2) is 47.5 Å². The van der Waals surface area contributed by atoms with Crippen molar-refractivity contribution in [3.63, 3.8) is 0 Å². The van der Waals surface area contributed by atoms with Crippen LogP contribution in [0.2, 0.25) is 0 Å². The minimum absolute atomic E-state index is 0.159. The molecule has 1 N–H and O–H groups in total. The summed E-state index contributed by atoms with van der Waals surface area (Å²) in [6.45, 7) is 0. The van der Waals surface area contributed by atoms with Crippen LogP contribution in [-0.2, 0) is 15.6 Å². The number of carboxylic acid groups (broad SMARTS) is 1. The first-order chi connectivity index (χ1) is 12.4. The lowest BCUT2D eigenvalue weighted by molar-refractivity contribution is 0.0689. The summed E-state index contributed by atoms with van der Waals surface area (Å²) in [4.78, 5) is 15.9. The number of carbonyl (C=O) groups is 1. The van der Waals surface area contributed by atoms with Crippen LogP contribution in [0.4, 0.5) is 0 Å². The van der Waals surface area contributed by atoms with Crippen molar-refractivity contribution in [2.75, 3.05) is 7.11 Å². The molecule has 0 bridgehead atoms. The molecule has 0 radical (unpaired) electrons. The molecule has 0 fully saturated rings. The third-order valence-corrected chi connectivity index (χ3v) is 5.87. The molecule has 0 spiro atoms. The lowest BCUT2D eigenvalue weighted by atomic mass is 10.1. The average molecular weight is 371 g/mol. The van der Waals surface area contributed by atoms with Gasteiger partial charge in [0.1, 0.15) is 0 Å². The van der Waals surface area contributed by atoms with E-state index in [-0.39, 0.29) is 16.2 Å². The number of rotatable bonds is 3. The van der Waals surface area contributed by atoms with Crippen LogP contribution >= 0.6 is 0 Å². The highest BCUT2D eigenvalue weighted by Gasteiger charge is 2.35. The zero-order valence-corrected chi connectivity index (χ0v) is 14.4. The maximum Gasteiger partial charge on any atom is 0.356 e. The molecule has 26 heavy (non-hydrogen) atoms. The summed E-state index contributed by atoms with van der Waals surface area (Å²) in [6, 6.07) is 9.79. The van der Waals surface area contributed by atoms with Crippen molar-refractivity contribution >= 4 is 15.8 Å². The quantitative estimate of drug-likeness (QED) is 0.749. The molecule has 9 heteroatoms. The Hall–Kier alpha value is -3.20. The van der Waals surface area contributed by atoms with Gasteiger partial charge in [-0.3, -0.25) is 0 Å². The third kappa shape index (κ3) is 2.36. The SMILES string of the molecule is COc1ccc(-n2nc(C(=O)O)c3c2-c2ccccc2S(=O)(=O)C3)cn1. The first kappa shape index (κ1) is 16.3. The maximum absolute atomic E-state index is 12.6. The van der Waals surface area contributed by atoms with Crippen molar-refractivity contribution in [1.82, 2.24) is 14.8 Å². The van der Waals surface area contributed by atoms with Gasteiger partial charge in [-0.2, -0.15) is 5.10 Å². The molecule has 3 heterocycles. The highest BCUT2D eigenvalue weighted by atomic mass is 32.2. The van der Waals surface area contributed by atoms with E-state index in [1.54, 1.807) is 30.3 Å². The summed E-state index contributed by atoms with van der Waals surface area (Å²) in [7, 11) is -2.16. The number of methoxy groups -OCH3 is 1. The lowest BCUT2D eigenvalue weighted by Gasteiger charge is -2.18. The molecule has 0 aliphatic carbocycles. The summed E-state index contributed by atoms with van der Waals surface area (Å²) in [5.41, 5.74) is 1.26. The Bertz CT molecular complexity index is 1130. The molecule has 1 aromatic carbocycles.